The van der Waals surface area contributed by atoms with E-state index in [0.717, 1.165) is 41.8 Å². The largest absolute Gasteiger partial charge is 0.481 e. The molecule has 2 atom stereocenters. The molecule has 0 aromatic carbocycles. The Bertz CT molecular complexity index is 497. The third-order valence-electron chi connectivity index (χ3n) is 6.95. The summed E-state index contributed by atoms with van der Waals surface area (Å²) in [6, 6.07) is 0.385. The van der Waals surface area contributed by atoms with Gasteiger partial charge in [0.25, 0.3) is 0 Å². The van der Waals surface area contributed by atoms with E-state index in [1.54, 1.807) is 0 Å². The van der Waals surface area contributed by atoms with Crippen molar-refractivity contribution >= 4 is 39.3 Å². The normalized spacial score (nSPS) is 33.5. The van der Waals surface area contributed by atoms with Gasteiger partial charge in [-0.05, 0) is 49.6 Å². The summed E-state index contributed by atoms with van der Waals surface area (Å²) in [6.45, 7) is 15.1. The second-order valence-corrected chi connectivity index (χ2v) is 22.5. The van der Waals surface area contributed by atoms with Crippen molar-refractivity contribution in [1.82, 2.24) is 5.32 Å². The van der Waals surface area contributed by atoms with Gasteiger partial charge in [-0.1, -0.05) is 57.9 Å². The Morgan fingerprint density at radius 1 is 0.846 bits per heavy atom. The zero-order valence-electron chi connectivity index (χ0n) is 17.6. The van der Waals surface area contributed by atoms with Crippen molar-refractivity contribution in [1.29, 1.82) is 0 Å². The molecule has 0 saturated heterocycles. The molecule has 6 heteroatoms. The van der Waals surface area contributed by atoms with E-state index >= 15 is 0 Å². The van der Waals surface area contributed by atoms with Crippen molar-refractivity contribution in [2.75, 3.05) is 0 Å². The van der Waals surface area contributed by atoms with Crippen LogP contribution in [-0.4, -0.2) is 38.3 Å². The third kappa shape index (κ3) is 5.89. The van der Waals surface area contributed by atoms with Gasteiger partial charge in [-0.15, -0.1) is 0 Å². The Morgan fingerprint density at radius 2 is 1.31 bits per heavy atom. The van der Waals surface area contributed by atoms with Crippen LogP contribution in [0, 0.1) is 11.8 Å². The molecule has 0 bridgehead atoms. The number of nitrogens with one attached hydrogen (secondary N) is 1. The first kappa shape index (κ1) is 22.1. The molecule has 2 N–H and O–H groups in total. The summed E-state index contributed by atoms with van der Waals surface area (Å²) in [6.07, 6.45) is 7.43. The maximum Gasteiger partial charge on any atom is 0.306 e. The number of hydrogen-bond acceptors (Lipinski definition) is 2. The quantitative estimate of drug-likeness (QED) is 0.444. The molecule has 2 saturated carbocycles. The van der Waals surface area contributed by atoms with Gasteiger partial charge >= 0.3 is 5.97 Å². The Morgan fingerprint density at radius 3 is 1.69 bits per heavy atom. The van der Waals surface area contributed by atoms with Crippen LogP contribution in [0.15, 0.2) is 0 Å². The van der Waals surface area contributed by atoms with Crippen molar-refractivity contribution in [2.24, 2.45) is 11.8 Å². The van der Waals surface area contributed by atoms with Crippen LogP contribution < -0.4 is 5.32 Å². The first-order chi connectivity index (χ1) is 11.9. The Kier molecular flexibility index (Phi) is 7.17. The lowest BCUT2D eigenvalue weighted by atomic mass is 9.84. The number of carboxylic acid groups (broad SMARTS) is 1. The minimum atomic E-state index is -1.17. The number of hydrogen-bond donors (Lipinski definition) is 2. The lowest BCUT2D eigenvalue weighted by molar-refractivity contribution is -0.142. The first-order valence-electron chi connectivity index (χ1n) is 10.4. The van der Waals surface area contributed by atoms with E-state index in [1.165, 1.54) is 19.3 Å². The van der Waals surface area contributed by atoms with Crippen molar-refractivity contribution in [3.8, 4) is 0 Å². The van der Waals surface area contributed by atoms with Crippen LogP contribution in [0.25, 0.3) is 0 Å². The van der Waals surface area contributed by atoms with E-state index in [2.05, 4.69) is 44.6 Å². The second-order valence-electron chi connectivity index (χ2n) is 10.9. The van der Waals surface area contributed by atoms with Gasteiger partial charge in [0.1, 0.15) is 0 Å². The van der Waals surface area contributed by atoms with Crippen molar-refractivity contribution in [3.05, 3.63) is 0 Å². The van der Waals surface area contributed by atoms with Crippen LogP contribution >= 0.6 is 12.2 Å². The fraction of sp³-hybridized carbons (Fsp3) is 0.900. The van der Waals surface area contributed by atoms with Crippen LogP contribution in [0.4, 0.5) is 0 Å². The molecule has 150 valence electrons. The molecule has 3 nitrogen and oxygen atoms in total. The SMILES string of the molecule is C[Si](C)(C)C1CC(C(=S)NC2CCC(C(=O)O)CC2)CC([Si](C)(C)C)C1. The van der Waals surface area contributed by atoms with Crippen LogP contribution in [-0.2, 0) is 4.79 Å². The highest BCUT2D eigenvalue weighted by molar-refractivity contribution is 7.80. The number of thiocarbonyl (C=S) groups is 1. The van der Waals surface area contributed by atoms with Crippen molar-refractivity contribution < 1.29 is 9.90 Å². The molecular formula is C20H39NO2SSi2. The lowest BCUT2D eigenvalue weighted by Gasteiger charge is -2.45. The zero-order chi connectivity index (χ0) is 19.7. The predicted molar refractivity (Wildman–Crippen MR) is 121 cm³/mol. The summed E-state index contributed by atoms with van der Waals surface area (Å²) >= 11 is 5.89. The van der Waals surface area contributed by atoms with Gasteiger partial charge in [-0.2, -0.15) is 0 Å². The number of carbonyl (C=O) groups is 1. The van der Waals surface area contributed by atoms with Gasteiger partial charge in [0, 0.05) is 28.1 Å². The van der Waals surface area contributed by atoms with Gasteiger partial charge in [-0.3, -0.25) is 4.79 Å². The molecule has 0 amide bonds. The molecule has 0 aromatic rings. The predicted octanol–water partition coefficient (Wildman–Crippen LogP) is 5.76. The summed E-state index contributed by atoms with van der Waals surface area (Å²) in [5.41, 5.74) is 1.75. The maximum atomic E-state index is 11.2. The monoisotopic (exact) mass is 413 g/mol. The molecule has 2 rings (SSSR count). The standard InChI is InChI=1S/C20H39NO2SSi2/c1-25(2,3)17-11-15(12-18(13-17)26(4,5)6)19(24)21-16-9-7-14(8-10-16)20(22)23/h14-18H,7-13H2,1-6H3,(H,21,24)(H,22,23). The molecule has 0 radical (unpaired) electrons. The number of carboxylic acids is 1. The zero-order valence-corrected chi connectivity index (χ0v) is 20.4. The molecule has 2 aliphatic carbocycles. The van der Waals surface area contributed by atoms with Crippen LogP contribution in [0.5, 0.6) is 0 Å². The molecule has 0 aromatic heterocycles. The third-order valence-corrected chi connectivity index (χ3v) is 13.2. The highest BCUT2D eigenvalue weighted by atomic mass is 32.1. The Balaban J connectivity index is 1.99. The lowest BCUT2D eigenvalue weighted by Crippen LogP contribution is -2.46. The van der Waals surface area contributed by atoms with Gasteiger partial charge < -0.3 is 10.4 Å². The summed E-state index contributed by atoms with van der Waals surface area (Å²) in [4.78, 5) is 12.2. The van der Waals surface area contributed by atoms with Gasteiger partial charge in [0.05, 0.1) is 10.9 Å². The highest BCUT2D eigenvalue weighted by Gasteiger charge is 2.42. The van der Waals surface area contributed by atoms with Gasteiger partial charge in [0.2, 0.25) is 0 Å². The fourth-order valence-electron chi connectivity index (χ4n) is 4.75. The Labute approximate surface area is 167 Å². The minimum absolute atomic E-state index is 0.149. The topological polar surface area (TPSA) is 49.3 Å². The van der Waals surface area contributed by atoms with Gasteiger partial charge in [-0.25, -0.2) is 0 Å². The van der Waals surface area contributed by atoms with Crippen LogP contribution in [0.2, 0.25) is 50.4 Å². The number of aliphatic carboxylic acids is 1. The maximum absolute atomic E-state index is 11.2. The van der Waals surface area contributed by atoms with E-state index in [4.69, 9.17) is 12.2 Å². The van der Waals surface area contributed by atoms with Crippen LogP contribution in [0.1, 0.15) is 44.9 Å². The summed E-state index contributed by atoms with van der Waals surface area (Å²) in [7, 11) is -2.34. The van der Waals surface area contributed by atoms with Crippen molar-refractivity contribution in [2.45, 2.75) is 101 Å². The Hall–Kier alpha value is -0.206. The molecule has 2 unspecified atom stereocenters. The van der Waals surface area contributed by atoms with E-state index in [0.29, 0.717) is 12.0 Å². The smallest absolute Gasteiger partial charge is 0.306 e. The van der Waals surface area contributed by atoms with E-state index in [-0.39, 0.29) is 5.92 Å². The van der Waals surface area contributed by atoms with E-state index < -0.39 is 22.1 Å². The molecular weight excluding hydrogens is 374 g/mol. The van der Waals surface area contributed by atoms with Gasteiger partial charge in [0.15, 0.2) is 0 Å². The fourth-order valence-corrected chi connectivity index (χ4v) is 9.31. The molecule has 2 fully saturated rings. The molecule has 0 heterocycles. The van der Waals surface area contributed by atoms with E-state index in [9.17, 15) is 9.90 Å². The average molecular weight is 414 g/mol. The molecule has 26 heavy (non-hydrogen) atoms. The summed E-state index contributed by atoms with van der Waals surface area (Å²) in [5.74, 6) is -0.248. The second kappa shape index (κ2) is 8.43. The minimum Gasteiger partial charge on any atom is -0.481 e. The van der Waals surface area contributed by atoms with E-state index in [1.807, 2.05) is 0 Å². The molecule has 0 spiro atoms. The highest BCUT2D eigenvalue weighted by Crippen LogP contribution is 2.49. The number of rotatable bonds is 5. The first-order valence-corrected chi connectivity index (χ1v) is 18.0. The van der Waals surface area contributed by atoms with Crippen molar-refractivity contribution in [3.63, 3.8) is 0 Å². The molecule has 2 aliphatic rings. The molecule has 0 aliphatic heterocycles. The average Bonchev–Trinajstić information content (AvgIpc) is 2.53. The summed E-state index contributed by atoms with van der Waals surface area (Å²) < 4.78 is 0. The summed E-state index contributed by atoms with van der Waals surface area (Å²) in [5, 5.41) is 12.8. The van der Waals surface area contributed by atoms with Crippen LogP contribution in [0.3, 0.4) is 0 Å².